The Labute approximate surface area is 130 Å². The van der Waals surface area contributed by atoms with Crippen LogP contribution in [-0.4, -0.2) is 34.0 Å². The van der Waals surface area contributed by atoms with Gasteiger partial charge in [0.2, 0.25) is 5.91 Å². The molecule has 2 aliphatic carbocycles. The molecular formula is C16H23N3OS. The lowest BCUT2D eigenvalue weighted by atomic mass is 9.70. The second-order valence-electron chi connectivity index (χ2n) is 7.00. The van der Waals surface area contributed by atoms with Crippen LogP contribution in [0.5, 0.6) is 0 Å². The van der Waals surface area contributed by atoms with E-state index >= 15 is 0 Å². The molecule has 1 aliphatic heterocycles. The topological polar surface area (TPSA) is 45.0 Å². The average molecular weight is 305 g/mol. The summed E-state index contributed by atoms with van der Waals surface area (Å²) in [5.41, 5.74) is 1.69. The first-order valence-electron chi connectivity index (χ1n) is 7.59. The lowest BCUT2D eigenvalue weighted by molar-refractivity contribution is -0.123. The Morgan fingerprint density at radius 2 is 2.19 bits per heavy atom. The number of carbonyl (C=O) groups excluding carboxylic acids is 1. The number of nitrogens with zero attached hydrogens (tertiary/aromatic N) is 3. The van der Waals surface area contributed by atoms with Gasteiger partial charge >= 0.3 is 0 Å². The Bertz CT molecular complexity index is 552. The molecule has 2 atom stereocenters. The summed E-state index contributed by atoms with van der Waals surface area (Å²) in [7, 11) is 0. The molecule has 3 aliphatic rings. The van der Waals surface area contributed by atoms with E-state index in [1.54, 1.807) is 11.0 Å². The summed E-state index contributed by atoms with van der Waals surface area (Å²) in [4.78, 5) is 13.5. The molecule has 3 rings (SSSR count). The smallest absolute Gasteiger partial charge is 0.239 e. The molecule has 0 radical (unpaired) electrons. The van der Waals surface area contributed by atoms with Crippen molar-refractivity contribution in [3.05, 3.63) is 12.7 Å². The number of thioether (sulfide) groups is 1. The van der Waals surface area contributed by atoms with Crippen molar-refractivity contribution in [2.75, 3.05) is 12.3 Å². The third kappa shape index (κ3) is 2.08. The minimum absolute atomic E-state index is 0.0957. The maximum atomic E-state index is 11.8. The summed E-state index contributed by atoms with van der Waals surface area (Å²) in [6.45, 7) is 11.3. The third-order valence-corrected chi connectivity index (χ3v) is 6.89. The lowest BCUT2D eigenvalue weighted by Crippen LogP contribution is -2.32. The lowest BCUT2D eigenvalue weighted by Gasteiger charge is -2.34. The highest BCUT2D eigenvalue weighted by molar-refractivity contribution is 8.15. The summed E-state index contributed by atoms with van der Waals surface area (Å²) in [5.74, 6) is 1.28. The zero-order valence-electron chi connectivity index (χ0n) is 13.1. The maximum absolute atomic E-state index is 11.8. The Morgan fingerprint density at radius 3 is 2.76 bits per heavy atom. The van der Waals surface area contributed by atoms with Crippen LogP contribution < -0.4 is 0 Å². The van der Waals surface area contributed by atoms with Crippen LogP contribution in [0.25, 0.3) is 0 Å². The predicted molar refractivity (Wildman–Crippen MR) is 88.5 cm³/mol. The van der Waals surface area contributed by atoms with E-state index < -0.39 is 0 Å². The van der Waals surface area contributed by atoms with Crippen LogP contribution in [-0.2, 0) is 4.79 Å². The molecule has 1 saturated heterocycles. The molecule has 0 aromatic carbocycles. The molecule has 0 aromatic rings. The van der Waals surface area contributed by atoms with E-state index in [4.69, 9.17) is 0 Å². The molecule has 2 saturated carbocycles. The van der Waals surface area contributed by atoms with Crippen molar-refractivity contribution in [1.29, 1.82) is 0 Å². The van der Waals surface area contributed by atoms with E-state index in [2.05, 4.69) is 37.6 Å². The van der Waals surface area contributed by atoms with Gasteiger partial charge in [0.1, 0.15) is 0 Å². The first-order valence-corrected chi connectivity index (χ1v) is 8.58. The number of carbonyl (C=O) groups is 1. The Kier molecular flexibility index (Phi) is 3.51. The largest absolute Gasteiger partial charge is 0.285 e. The van der Waals surface area contributed by atoms with Crippen molar-refractivity contribution in [3.63, 3.8) is 0 Å². The van der Waals surface area contributed by atoms with Crippen molar-refractivity contribution < 1.29 is 4.79 Å². The van der Waals surface area contributed by atoms with Crippen LogP contribution in [0.3, 0.4) is 0 Å². The van der Waals surface area contributed by atoms with Gasteiger partial charge in [-0.15, -0.1) is 11.7 Å². The fraction of sp³-hybridized carbons (Fsp3) is 0.688. The van der Waals surface area contributed by atoms with Crippen molar-refractivity contribution >= 4 is 28.5 Å². The van der Waals surface area contributed by atoms with Gasteiger partial charge < -0.3 is 0 Å². The number of hydrogen-bond acceptors (Lipinski definition) is 4. The normalized spacial score (nSPS) is 38.0. The van der Waals surface area contributed by atoms with Gasteiger partial charge in [-0.25, -0.2) is 0 Å². The van der Waals surface area contributed by atoms with Crippen LogP contribution in [0.15, 0.2) is 22.9 Å². The van der Waals surface area contributed by atoms with Gasteiger partial charge in [-0.3, -0.25) is 9.69 Å². The highest BCUT2D eigenvalue weighted by atomic mass is 32.2. The number of hydrogen-bond donors (Lipinski definition) is 0. The van der Waals surface area contributed by atoms with Crippen LogP contribution in [0.2, 0.25) is 0 Å². The molecule has 2 bridgehead atoms. The van der Waals surface area contributed by atoms with Crippen molar-refractivity contribution in [2.45, 2.75) is 40.0 Å². The first-order chi connectivity index (χ1) is 9.90. The van der Waals surface area contributed by atoms with Gasteiger partial charge in [-0.05, 0) is 30.6 Å². The van der Waals surface area contributed by atoms with Gasteiger partial charge in [0.15, 0.2) is 5.17 Å². The van der Waals surface area contributed by atoms with E-state index in [1.165, 1.54) is 30.3 Å². The minimum atomic E-state index is 0.0957. The van der Waals surface area contributed by atoms with Crippen LogP contribution in [0.1, 0.15) is 40.0 Å². The van der Waals surface area contributed by atoms with Crippen molar-refractivity contribution in [2.24, 2.45) is 27.0 Å². The third-order valence-electron chi connectivity index (χ3n) is 5.94. The van der Waals surface area contributed by atoms with Gasteiger partial charge in [0.05, 0.1) is 5.75 Å². The molecule has 114 valence electrons. The van der Waals surface area contributed by atoms with Crippen LogP contribution >= 0.6 is 11.8 Å². The Balaban J connectivity index is 1.85. The summed E-state index contributed by atoms with van der Waals surface area (Å²) < 4.78 is 0. The first kappa shape index (κ1) is 14.8. The molecule has 4 nitrogen and oxygen atoms in total. The van der Waals surface area contributed by atoms with Crippen molar-refractivity contribution in [3.8, 4) is 0 Å². The molecule has 3 fully saturated rings. The molecule has 0 unspecified atom stereocenters. The predicted octanol–water partition coefficient (Wildman–Crippen LogP) is 3.31. The molecule has 1 heterocycles. The SMILES string of the molecule is C=CCN1C(=O)CS/C1=N\N=C1/C[C@H]2CC[C@]1(C)C2(C)C. The molecule has 5 heteroatoms. The van der Waals surface area contributed by atoms with Crippen LogP contribution in [0, 0.1) is 16.7 Å². The van der Waals surface area contributed by atoms with E-state index in [0.717, 1.165) is 17.5 Å². The minimum Gasteiger partial charge on any atom is -0.285 e. The number of fused-ring (bicyclic) bond motifs is 2. The summed E-state index contributed by atoms with van der Waals surface area (Å²) >= 11 is 1.47. The summed E-state index contributed by atoms with van der Waals surface area (Å²) in [6, 6.07) is 0. The van der Waals surface area contributed by atoms with Crippen molar-refractivity contribution in [1.82, 2.24) is 4.90 Å². The number of rotatable bonds is 3. The molecular weight excluding hydrogens is 282 g/mol. The second kappa shape index (κ2) is 4.97. The molecule has 0 N–H and O–H groups in total. The Hall–Kier alpha value is -1.10. The summed E-state index contributed by atoms with van der Waals surface area (Å²) in [6.07, 6.45) is 5.29. The second-order valence-corrected chi connectivity index (χ2v) is 7.95. The standard InChI is InChI=1S/C16H23N3OS/c1-5-8-19-13(20)10-21-14(19)18-17-12-9-11-6-7-16(12,4)15(11,2)3/h5,11H,1,6-10H2,2-4H3/b17-12+,18-14-/t11-,16+/m1/s1. The Morgan fingerprint density at radius 1 is 1.43 bits per heavy atom. The maximum Gasteiger partial charge on any atom is 0.239 e. The summed E-state index contributed by atoms with van der Waals surface area (Å²) in [5, 5.41) is 9.71. The zero-order chi connectivity index (χ0) is 15.3. The fourth-order valence-corrected chi connectivity index (χ4v) is 4.80. The molecule has 0 aromatic heterocycles. The van der Waals surface area contributed by atoms with E-state index in [9.17, 15) is 4.79 Å². The van der Waals surface area contributed by atoms with Crippen LogP contribution in [0.4, 0.5) is 0 Å². The quantitative estimate of drug-likeness (QED) is 0.593. The van der Waals surface area contributed by atoms with E-state index in [-0.39, 0.29) is 11.3 Å². The number of amidine groups is 1. The zero-order valence-corrected chi connectivity index (χ0v) is 13.9. The van der Waals surface area contributed by atoms with Gasteiger partial charge in [-0.2, -0.15) is 5.10 Å². The average Bonchev–Trinajstić information content (AvgIpc) is 2.95. The molecule has 21 heavy (non-hydrogen) atoms. The van der Waals surface area contributed by atoms with Gasteiger partial charge in [-0.1, -0.05) is 38.6 Å². The molecule has 0 spiro atoms. The van der Waals surface area contributed by atoms with Gasteiger partial charge in [0, 0.05) is 17.7 Å². The highest BCUT2D eigenvalue weighted by Gasteiger charge is 2.60. The van der Waals surface area contributed by atoms with E-state index in [0.29, 0.717) is 17.7 Å². The van der Waals surface area contributed by atoms with E-state index in [1.807, 2.05) is 0 Å². The van der Waals surface area contributed by atoms with Gasteiger partial charge in [0.25, 0.3) is 0 Å². The molecule has 1 amide bonds. The fourth-order valence-electron chi connectivity index (χ4n) is 3.96. The highest BCUT2D eigenvalue weighted by Crippen LogP contribution is 2.64. The number of amides is 1. The monoisotopic (exact) mass is 305 g/mol.